The standard InChI is InChI=1S/C16H13ClN2O5/c17-13-7-6-12(9-14(13)19(22)23)18-15(20)10-24-16(21)8-11-4-2-1-3-5-11/h1-7,9H,8,10H2,(H,18,20). The first-order valence-corrected chi connectivity index (χ1v) is 7.27. The lowest BCUT2D eigenvalue weighted by Crippen LogP contribution is -2.21. The van der Waals surface area contributed by atoms with Gasteiger partial charge in [-0.3, -0.25) is 19.7 Å². The molecule has 0 unspecified atom stereocenters. The van der Waals surface area contributed by atoms with Crippen molar-refractivity contribution in [1.82, 2.24) is 0 Å². The van der Waals surface area contributed by atoms with Gasteiger partial charge in [-0.25, -0.2) is 0 Å². The van der Waals surface area contributed by atoms with Gasteiger partial charge < -0.3 is 10.1 Å². The lowest BCUT2D eigenvalue weighted by atomic mass is 10.2. The maximum atomic E-state index is 11.7. The summed E-state index contributed by atoms with van der Waals surface area (Å²) in [6.45, 7) is -0.484. The maximum absolute atomic E-state index is 11.7. The number of carbonyl (C=O) groups is 2. The second-order valence-electron chi connectivity index (χ2n) is 4.79. The highest BCUT2D eigenvalue weighted by Crippen LogP contribution is 2.27. The van der Waals surface area contributed by atoms with Crippen LogP contribution in [0.4, 0.5) is 11.4 Å². The van der Waals surface area contributed by atoms with Crippen molar-refractivity contribution in [3.8, 4) is 0 Å². The van der Waals surface area contributed by atoms with Crippen LogP contribution in [0.15, 0.2) is 48.5 Å². The molecule has 0 saturated carbocycles. The largest absolute Gasteiger partial charge is 0.455 e. The molecule has 0 aromatic heterocycles. The van der Waals surface area contributed by atoms with Gasteiger partial charge in [0.05, 0.1) is 11.3 Å². The van der Waals surface area contributed by atoms with Gasteiger partial charge >= 0.3 is 5.97 Å². The normalized spacial score (nSPS) is 10.0. The number of ether oxygens (including phenoxy) is 1. The summed E-state index contributed by atoms with van der Waals surface area (Å²) in [6, 6.07) is 12.8. The van der Waals surface area contributed by atoms with Crippen LogP contribution in [0.2, 0.25) is 5.02 Å². The predicted molar refractivity (Wildman–Crippen MR) is 87.8 cm³/mol. The third-order valence-corrected chi connectivity index (χ3v) is 3.30. The van der Waals surface area contributed by atoms with Crippen molar-refractivity contribution in [1.29, 1.82) is 0 Å². The third kappa shape index (κ3) is 5.06. The summed E-state index contributed by atoms with van der Waals surface area (Å²) in [6.07, 6.45) is 0.0561. The zero-order valence-corrected chi connectivity index (χ0v) is 13.2. The lowest BCUT2D eigenvalue weighted by Gasteiger charge is -2.07. The predicted octanol–water partition coefficient (Wildman–Crippen LogP) is 2.97. The zero-order valence-electron chi connectivity index (χ0n) is 12.4. The fraction of sp³-hybridized carbons (Fsp3) is 0.125. The second kappa shape index (κ2) is 8.07. The van der Waals surface area contributed by atoms with Gasteiger partial charge in [-0.05, 0) is 17.7 Å². The van der Waals surface area contributed by atoms with Gasteiger partial charge in [0.2, 0.25) is 0 Å². The Morgan fingerprint density at radius 1 is 1.17 bits per heavy atom. The average molecular weight is 349 g/mol. The first kappa shape index (κ1) is 17.4. The molecular formula is C16H13ClN2O5. The number of nitrogens with zero attached hydrogens (tertiary/aromatic N) is 1. The van der Waals surface area contributed by atoms with Gasteiger partial charge in [-0.2, -0.15) is 0 Å². The Morgan fingerprint density at radius 2 is 1.88 bits per heavy atom. The van der Waals surface area contributed by atoms with E-state index in [0.717, 1.165) is 11.6 Å². The van der Waals surface area contributed by atoms with Crippen LogP contribution in [-0.4, -0.2) is 23.4 Å². The molecule has 0 aliphatic carbocycles. The molecule has 0 fully saturated rings. The molecular weight excluding hydrogens is 336 g/mol. The number of benzene rings is 2. The Hall–Kier alpha value is -2.93. The molecule has 0 spiro atoms. The number of nitrogens with one attached hydrogen (secondary N) is 1. The molecule has 0 atom stereocenters. The number of amides is 1. The molecule has 0 heterocycles. The van der Waals surface area contributed by atoms with E-state index in [0.29, 0.717) is 0 Å². The van der Waals surface area contributed by atoms with E-state index in [1.54, 1.807) is 24.3 Å². The summed E-state index contributed by atoms with van der Waals surface area (Å²) in [5, 5.41) is 13.2. The monoisotopic (exact) mass is 348 g/mol. The second-order valence-corrected chi connectivity index (χ2v) is 5.20. The summed E-state index contributed by atoms with van der Waals surface area (Å²) >= 11 is 5.68. The molecule has 24 heavy (non-hydrogen) atoms. The van der Waals surface area contributed by atoms with Crippen molar-refractivity contribution >= 4 is 34.9 Å². The van der Waals surface area contributed by atoms with Gasteiger partial charge in [-0.1, -0.05) is 41.9 Å². The summed E-state index contributed by atoms with van der Waals surface area (Å²) < 4.78 is 4.87. The first-order valence-electron chi connectivity index (χ1n) is 6.89. The highest BCUT2D eigenvalue weighted by molar-refractivity contribution is 6.32. The van der Waals surface area contributed by atoms with Crippen molar-refractivity contribution in [2.75, 3.05) is 11.9 Å². The van der Waals surface area contributed by atoms with Crippen LogP contribution in [0.25, 0.3) is 0 Å². The summed E-state index contributed by atoms with van der Waals surface area (Å²) in [7, 11) is 0. The van der Waals surface area contributed by atoms with Gasteiger partial charge in [0.25, 0.3) is 11.6 Å². The molecule has 0 radical (unpaired) electrons. The Bertz CT molecular complexity index is 764. The molecule has 0 saturated heterocycles. The van der Waals surface area contributed by atoms with Crippen molar-refractivity contribution in [3.05, 3.63) is 69.2 Å². The van der Waals surface area contributed by atoms with Crippen LogP contribution in [0.3, 0.4) is 0 Å². The van der Waals surface area contributed by atoms with Crippen molar-refractivity contribution in [2.45, 2.75) is 6.42 Å². The highest BCUT2D eigenvalue weighted by atomic mass is 35.5. The van der Waals surface area contributed by atoms with E-state index in [9.17, 15) is 19.7 Å². The van der Waals surface area contributed by atoms with E-state index < -0.39 is 23.4 Å². The van der Waals surface area contributed by atoms with Crippen LogP contribution in [-0.2, 0) is 20.7 Å². The summed E-state index contributed by atoms with van der Waals surface area (Å²) in [5.41, 5.74) is 0.641. The van der Waals surface area contributed by atoms with Gasteiger partial charge in [0.15, 0.2) is 6.61 Å². The zero-order chi connectivity index (χ0) is 17.5. The number of carbonyl (C=O) groups excluding carboxylic acids is 2. The smallest absolute Gasteiger partial charge is 0.310 e. The van der Waals surface area contributed by atoms with Crippen molar-refractivity contribution < 1.29 is 19.2 Å². The molecule has 0 aliphatic heterocycles. The minimum atomic E-state index is -0.655. The Labute approximate surface area is 142 Å². The van der Waals surface area contributed by atoms with E-state index in [1.165, 1.54) is 12.1 Å². The van der Waals surface area contributed by atoms with E-state index in [2.05, 4.69) is 5.32 Å². The molecule has 0 aliphatic rings. The van der Waals surface area contributed by atoms with E-state index >= 15 is 0 Å². The van der Waals surface area contributed by atoms with Crippen molar-refractivity contribution in [3.63, 3.8) is 0 Å². The number of hydrogen-bond acceptors (Lipinski definition) is 5. The Kier molecular flexibility index (Phi) is 5.86. The average Bonchev–Trinajstić information content (AvgIpc) is 2.55. The Morgan fingerprint density at radius 3 is 2.54 bits per heavy atom. The number of esters is 1. The number of rotatable bonds is 6. The third-order valence-electron chi connectivity index (χ3n) is 2.98. The van der Waals surface area contributed by atoms with Gasteiger partial charge in [0.1, 0.15) is 5.02 Å². The molecule has 1 amide bonds. The molecule has 2 aromatic rings. The van der Waals surface area contributed by atoms with Crippen LogP contribution < -0.4 is 5.32 Å². The molecule has 0 bridgehead atoms. The Balaban J connectivity index is 1.86. The highest BCUT2D eigenvalue weighted by Gasteiger charge is 2.14. The number of halogens is 1. The maximum Gasteiger partial charge on any atom is 0.310 e. The van der Waals surface area contributed by atoms with Crippen LogP contribution in [0.5, 0.6) is 0 Å². The van der Waals surface area contributed by atoms with Crippen LogP contribution in [0, 0.1) is 10.1 Å². The summed E-state index contributed by atoms with van der Waals surface area (Å²) in [5.74, 6) is -1.15. The fourth-order valence-electron chi connectivity index (χ4n) is 1.89. The van der Waals surface area contributed by atoms with Gasteiger partial charge in [0, 0.05) is 11.8 Å². The first-order chi connectivity index (χ1) is 11.5. The molecule has 7 nitrogen and oxygen atoms in total. The van der Waals surface area contributed by atoms with Gasteiger partial charge in [-0.15, -0.1) is 0 Å². The minimum Gasteiger partial charge on any atom is -0.455 e. The quantitative estimate of drug-likeness (QED) is 0.491. The van der Waals surface area contributed by atoms with E-state index in [1.807, 2.05) is 6.07 Å². The minimum absolute atomic E-state index is 0.0349. The topological polar surface area (TPSA) is 98.5 Å². The molecule has 124 valence electrons. The van der Waals surface area contributed by atoms with Crippen LogP contribution in [0.1, 0.15) is 5.56 Å². The van der Waals surface area contributed by atoms with E-state index in [-0.39, 0.29) is 22.8 Å². The van der Waals surface area contributed by atoms with E-state index in [4.69, 9.17) is 16.3 Å². The molecule has 2 rings (SSSR count). The fourth-order valence-corrected chi connectivity index (χ4v) is 2.07. The molecule has 1 N–H and O–H groups in total. The number of hydrogen-bond donors (Lipinski definition) is 1. The lowest BCUT2D eigenvalue weighted by molar-refractivity contribution is -0.384. The number of nitro benzene ring substituents is 1. The molecule has 2 aromatic carbocycles. The number of nitro groups is 1. The number of anilines is 1. The molecule has 8 heteroatoms. The van der Waals surface area contributed by atoms with Crippen LogP contribution >= 0.6 is 11.6 Å². The summed E-state index contributed by atoms with van der Waals surface area (Å²) in [4.78, 5) is 33.5. The van der Waals surface area contributed by atoms with Crippen molar-refractivity contribution in [2.24, 2.45) is 0 Å². The SMILES string of the molecule is O=C(COC(=O)Cc1ccccc1)Nc1ccc(Cl)c([N+](=O)[O-])c1.